The van der Waals surface area contributed by atoms with E-state index in [1.54, 1.807) is 18.3 Å². The van der Waals surface area contributed by atoms with Crippen molar-refractivity contribution in [2.45, 2.75) is 52.1 Å². The summed E-state index contributed by atoms with van der Waals surface area (Å²) in [7, 11) is 0. The number of nitrogens with one attached hydrogen (secondary N) is 2. The number of carbonyl (C=O) groups excluding carboxylic acids is 1. The number of rotatable bonds is 6. The van der Waals surface area contributed by atoms with Gasteiger partial charge in [0.1, 0.15) is 11.5 Å². The fraction of sp³-hybridized carbons (Fsp3) is 0.455. The normalized spacial score (nSPS) is 16.8. The molecule has 0 radical (unpaired) electrons. The number of anilines is 2. The summed E-state index contributed by atoms with van der Waals surface area (Å²) in [5, 5.41) is 11.7. The third kappa shape index (κ3) is 4.55. The van der Waals surface area contributed by atoms with E-state index in [-0.39, 0.29) is 17.4 Å². The molecule has 1 amide bonds. The highest BCUT2D eigenvalue weighted by Gasteiger charge is 2.29. The van der Waals surface area contributed by atoms with Gasteiger partial charge in [-0.3, -0.25) is 4.79 Å². The lowest BCUT2D eigenvalue weighted by atomic mass is 10.2. The molecule has 1 fully saturated rings. The van der Waals surface area contributed by atoms with Crippen molar-refractivity contribution in [1.29, 1.82) is 0 Å². The van der Waals surface area contributed by atoms with E-state index >= 15 is 0 Å². The minimum Gasteiger partial charge on any atom is -0.353 e. The number of hydrogen-bond acceptors (Lipinski definition) is 6. The van der Waals surface area contributed by atoms with Crippen LogP contribution in [0.4, 0.5) is 20.4 Å². The van der Waals surface area contributed by atoms with Gasteiger partial charge in [-0.25, -0.2) is 14.6 Å². The van der Waals surface area contributed by atoms with Crippen LogP contribution in [-0.4, -0.2) is 50.8 Å². The van der Waals surface area contributed by atoms with Gasteiger partial charge in [0.2, 0.25) is 5.91 Å². The van der Waals surface area contributed by atoms with Gasteiger partial charge >= 0.3 is 0 Å². The summed E-state index contributed by atoms with van der Waals surface area (Å²) in [5.41, 5.74) is 0.293. The molecule has 170 valence electrons. The third-order valence-electron chi connectivity index (χ3n) is 5.31. The fourth-order valence-corrected chi connectivity index (χ4v) is 4.00. The zero-order chi connectivity index (χ0) is 23.0. The Hall–Kier alpha value is -3.14. The van der Waals surface area contributed by atoms with E-state index in [2.05, 4.69) is 39.3 Å². The molecule has 1 aliphatic rings. The van der Waals surface area contributed by atoms with E-state index in [1.807, 2.05) is 0 Å². The SMILES string of the molecule is CC(=O)Nc1cc2c(cn1)c(N1CC[C@H](NC(C)C)C1)nn2-c1cccc(C(C)(F)F)n1. The van der Waals surface area contributed by atoms with Crippen molar-refractivity contribution in [2.24, 2.45) is 0 Å². The monoisotopic (exact) mass is 443 g/mol. The standard InChI is InChI=1S/C22H27F2N7O/c1-13(2)26-15-8-9-30(12-15)21-16-11-25-19(27-14(3)32)10-17(16)31(29-21)20-7-5-6-18(28-20)22(4,23)24/h5-7,10-11,13,15,26H,8-9,12H2,1-4H3,(H,25,27,32)/t15-/m0/s1. The molecule has 0 unspecified atom stereocenters. The molecule has 0 spiro atoms. The van der Waals surface area contributed by atoms with E-state index in [9.17, 15) is 13.6 Å². The number of halogens is 2. The van der Waals surface area contributed by atoms with Crippen molar-refractivity contribution in [3.8, 4) is 5.82 Å². The van der Waals surface area contributed by atoms with Gasteiger partial charge < -0.3 is 15.5 Å². The Kier molecular flexibility index (Phi) is 5.81. The minimum absolute atomic E-state index is 0.254. The fourth-order valence-electron chi connectivity index (χ4n) is 4.00. The highest BCUT2D eigenvalue weighted by molar-refractivity contribution is 5.95. The first-order valence-electron chi connectivity index (χ1n) is 10.6. The zero-order valence-corrected chi connectivity index (χ0v) is 18.6. The van der Waals surface area contributed by atoms with Crippen LogP contribution in [0.15, 0.2) is 30.5 Å². The van der Waals surface area contributed by atoms with Crippen molar-refractivity contribution in [3.05, 3.63) is 36.2 Å². The Balaban J connectivity index is 1.80. The number of amides is 1. The summed E-state index contributed by atoms with van der Waals surface area (Å²) in [5.74, 6) is -1.98. The topological polar surface area (TPSA) is 88.0 Å². The lowest BCUT2D eigenvalue weighted by Gasteiger charge is -2.18. The molecule has 3 aromatic rings. The molecular weight excluding hydrogens is 416 g/mol. The smallest absolute Gasteiger partial charge is 0.287 e. The van der Waals surface area contributed by atoms with Crippen LogP contribution in [0, 0.1) is 0 Å². The first kappa shape index (κ1) is 22.1. The van der Waals surface area contributed by atoms with Gasteiger partial charge in [0.05, 0.1) is 10.9 Å². The van der Waals surface area contributed by atoms with Gasteiger partial charge in [-0.15, -0.1) is 5.10 Å². The Bertz CT molecular complexity index is 1140. The predicted octanol–water partition coefficient (Wildman–Crippen LogP) is 3.46. The zero-order valence-electron chi connectivity index (χ0n) is 18.6. The van der Waals surface area contributed by atoms with Gasteiger partial charge in [-0.1, -0.05) is 19.9 Å². The summed E-state index contributed by atoms with van der Waals surface area (Å²) < 4.78 is 29.3. The molecule has 2 N–H and O–H groups in total. The maximum Gasteiger partial charge on any atom is 0.287 e. The van der Waals surface area contributed by atoms with Gasteiger partial charge in [-0.05, 0) is 18.6 Å². The second kappa shape index (κ2) is 8.42. The predicted molar refractivity (Wildman–Crippen MR) is 119 cm³/mol. The van der Waals surface area contributed by atoms with Gasteiger partial charge in [-0.2, -0.15) is 8.78 Å². The average Bonchev–Trinajstić information content (AvgIpc) is 3.30. The summed E-state index contributed by atoms with van der Waals surface area (Å²) in [6.07, 6.45) is 2.63. The van der Waals surface area contributed by atoms with Crippen molar-refractivity contribution in [1.82, 2.24) is 25.1 Å². The lowest BCUT2D eigenvalue weighted by molar-refractivity contribution is -0.114. The molecule has 3 aromatic heterocycles. The van der Waals surface area contributed by atoms with Crippen LogP contribution < -0.4 is 15.5 Å². The molecule has 0 aliphatic carbocycles. The number of carbonyl (C=O) groups is 1. The van der Waals surface area contributed by atoms with Crippen molar-refractivity contribution in [2.75, 3.05) is 23.3 Å². The molecule has 10 heteroatoms. The Morgan fingerprint density at radius 1 is 1.31 bits per heavy atom. The second-order valence-electron chi connectivity index (χ2n) is 8.53. The van der Waals surface area contributed by atoms with Crippen molar-refractivity contribution >= 4 is 28.4 Å². The van der Waals surface area contributed by atoms with E-state index in [0.29, 0.717) is 29.2 Å². The van der Waals surface area contributed by atoms with Gasteiger partial charge in [0.15, 0.2) is 11.6 Å². The summed E-state index contributed by atoms with van der Waals surface area (Å²) in [6.45, 7) is 8.03. The average molecular weight is 444 g/mol. The molecule has 0 aromatic carbocycles. The Morgan fingerprint density at radius 3 is 2.78 bits per heavy atom. The molecule has 4 heterocycles. The van der Waals surface area contributed by atoms with Crippen molar-refractivity contribution < 1.29 is 13.6 Å². The molecule has 32 heavy (non-hydrogen) atoms. The van der Waals surface area contributed by atoms with E-state index in [4.69, 9.17) is 5.10 Å². The van der Waals surface area contributed by atoms with E-state index in [0.717, 1.165) is 31.8 Å². The number of hydrogen-bond donors (Lipinski definition) is 2. The molecule has 1 atom stereocenters. The number of fused-ring (bicyclic) bond motifs is 1. The first-order valence-corrected chi connectivity index (χ1v) is 10.6. The number of pyridine rings is 2. The minimum atomic E-state index is -3.07. The second-order valence-corrected chi connectivity index (χ2v) is 8.53. The number of nitrogens with zero attached hydrogens (tertiary/aromatic N) is 5. The largest absolute Gasteiger partial charge is 0.353 e. The highest BCUT2D eigenvalue weighted by atomic mass is 19.3. The van der Waals surface area contributed by atoms with E-state index < -0.39 is 5.92 Å². The van der Waals surface area contributed by atoms with Crippen molar-refractivity contribution in [3.63, 3.8) is 0 Å². The quantitative estimate of drug-likeness (QED) is 0.607. The Labute approximate surface area is 185 Å². The first-order chi connectivity index (χ1) is 15.1. The molecule has 0 bridgehead atoms. The molecular formula is C22H27F2N7O. The maximum atomic E-state index is 13.9. The molecule has 8 nitrogen and oxygen atoms in total. The van der Waals surface area contributed by atoms with Crippen LogP contribution in [0.3, 0.4) is 0 Å². The summed E-state index contributed by atoms with van der Waals surface area (Å²) >= 11 is 0. The summed E-state index contributed by atoms with van der Waals surface area (Å²) in [4.78, 5) is 22.2. The molecule has 1 saturated heterocycles. The van der Waals surface area contributed by atoms with Gasteiger partial charge in [0, 0.05) is 51.3 Å². The summed E-state index contributed by atoms with van der Waals surface area (Å²) in [6, 6.07) is 6.86. The maximum absolute atomic E-state index is 13.9. The highest BCUT2D eigenvalue weighted by Crippen LogP contribution is 2.32. The van der Waals surface area contributed by atoms with Crippen LogP contribution >= 0.6 is 0 Å². The van der Waals surface area contributed by atoms with Gasteiger partial charge in [0.25, 0.3) is 5.92 Å². The van der Waals surface area contributed by atoms with Crippen LogP contribution in [0.2, 0.25) is 0 Å². The Morgan fingerprint density at radius 2 is 2.09 bits per heavy atom. The number of alkyl halides is 2. The lowest BCUT2D eigenvalue weighted by Crippen LogP contribution is -2.37. The third-order valence-corrected chi connectivity index (χ3v) is 5.31. The molecule has 1 aliphatic heterocycles. The number of aromatic nitrogens is 4. The van der Waals surface area contributed by atoms with Crippen LogP contribution in [0.25, 0.3) is 16.7 Å². The molecule has 0 saturated carbocycles. The van der Waals surface area contributed by atoms with E-state index in [1.165, 1.54) is 23.7 Å². The molecule has 4 rings (SSSR count). The van der Waals surface area contributed by atoms with Crippen LogP contribution in [0.1, 0.15) is 39.8 Å². The van der Waals surface area contributed by atoms with Crippen LogP contribution in [-0.2, 0) is 10.7 Å². The van der Waals surface area contributed by atoms with Crippen LogP contribution in [0.5, 0.6) is 0 Å².